The Hall–Kier alpha value is -4.16. The summed E-state index contributed by atoms with van der Waals surface area (Å²) in [7, 11) is 0. The Kier molecular flexibility index (Phi) is 5.00. The van der Waals surface area contributed by atoms with Gasteiger partial charge in [0.05, 0.1) is 11.0 Å². The largest absolute Gasteiger partial charge is 0.361 e. The molecule has 0 radical (unpaired) electrons. The lowest BCUT2D eigenvalue weighted by atomic mass is 10.1. The maximum Gasteiger partial charge on any atom is 0.256 e. The normalized spacial score (nSPS) is 15.0. The Morgan fingerprint density at radius 1 is 1.00 bits per heavy atom. The van der Waals surface area contributed by atoms with Gasteiger partial charge in [-0.05, 0) is 48.0 Å². The van der Waals surface area contributed by atoms with Crippen LogP contribution in [-0.4, -0.2) is 25.8 Å². The summed E-state index contributed by atoms with van der Waals surface area (Å²) in [5.41, 5.74) is 6.12. The molecular formula is C27H20ClN5O. The molecule has 2 aromatic heterocycles. The third-order valence-corrected chi connectivity index (χ3v) is 6.45. The molecule has 0 fully saturated rings. The van der Waals surface area contributed by atoms with E-state index in [4.69, 9.17) is 11.6 Å². The van der Waals surface area contributed by atoms with Gasteiger partial charge in [-0.15, -0.1) is 0 Å². The van der Waals surface area contributed by atoms with E-state index in [2.05, 4.69) is 20.3 Å². The van der Waals surface area contributed by atoms with Crippen LogP contribution < -0.4 is 5.32 Å². The van der Waals surface area contributed by atoms with Crippen LogP contribution in [0.2, 0.25) is 5.02 Å². The van der Waals surface area contributed by atoms with Crippen molar-refractivity contribution in [1.82, 2.24) is 19.9 Å². The topological polar surface area (TPSA) is 73.9 Å². The van der Waals surface area contributed by atoms with Crippen molar-refractivity contribution in [3.05, 3.63) is 113 Å². The van der Waals surface area contributed by atoms with Gasteiger partial charge in [-0.3, -0.25) is 9.78 Å². The summed E-state index contributed by atoms with van der Waals surface area (Å²) < 4.78 is 0. The fourth-order valence-corrected chi connectivity index (χ4v) is 4.59. The molecule has 0 bridgehead atoms. The van der Waals surface area contributed by atoms with Crippen LogP contribution in [0.15, 0.2) is 91.3 Å². The highest BCUT2D eigenvalue weighted by Crippen LogP contribution is 2.36. The lowest BCUT2D eigenvalue weighted by Gasteiger charge is -2.27. The fraction of sp³-hybridized carbons (Fsp3) is 0.0741. The summed E-state index contributed by atoms with van der Waals surface area (Å²) in [6, 6.07) is 25.2. The first-order valence-corrected chi connectivity index (χ1v) is 11.4. The molecule has 3 aromatic carbocycles. The summed E-state index contributed by atoms with van der Waals surface area (Å²) in [5, 5.41) is 4.21. The summed E-state index contributed by atoms with van der Waals surface area (Å²) in [4.78, 5) is 27.4. The number of H-pyrrole nitrogens is 1. The molecule has 3 heterocycles. The number of anilines is 1. The van der Waals surface area contributed by atoms with E-state index in [0.717, 1.165) is 39.2 Å². The van der Waals surface area contributed by atoms with Crippen LogP contribution in [0.25, 0.3) is 22.4 Å². The lowest BCUT2D eigenvalue weighted by Crippen LogP contribution is -2.32. The first kappa shape index (κ1) is 20.4. The molecule has 34 heavy (non-hydrogen) atoms. The molecule has 0 unspecified atom stereocenters. The van der Waals surface area contributed by atoms with Crippen molar-refractivity contribution in [3.8, 4) is 11.4 Å². The zero-order chi connectivity index (χ0) is 23.1. The smallest absolute Gasteiger partial charge is 0.256 e. The zero-order valence-electron chi connectivity index (χ0n) is 18.1. The van der Waals surface area contributed by atoms with Gasteiger partial charge in [0.25, 0.3) is 5.91 Å². The minimum Gasteiger partial charge on any atom is -0.361 e. The number of rotatable bonds is 5. The van der Waals surface area contributed by atoms with E-state index in [9.17, 15) is 4.79 Å². The van der Waals surface area contributed by atoms with Gasteiger partial charge in [-0.25, -0.2) is 4.98 Å². The van der Waals surface area contributed by atoms with Crippen molar-refractivity contribution in [1.29, 1.82) is 0 Å². The number of hydrogen-bond donors (Lipinski definition) is 2. The quantitative estimate of drug-likeness (QED) is 0.331. The van der Waals surface area contributed by atoms with Crippen LogP contribution >= 0.6 is 11.6 Å². The van der Waals surface area contributed by atoms with Gasteiger partial charge in [0, 0.05) is 46.3 Å². The van der Waals surface area contributed by atoms with E-state index in [-0.39, 0.29) is 12.1 Å². The Balaban J connectivity index is 1.35. The molecule has 5 aromatic rings. The van der Waals surface area contributed by atoms with Gasteiger partial charge in [-0.2, -0.15) is 0 Å². The van der Waals surface area contributed by atoms with E-state index < -0.39 is 0 Å². The first-order chi connectivity index (χ1) is 16.7. The summed E-state index contributed by atoms with van der Waals surface area (Å²) in [6.07, 6.45) is 3.20. The van der Waals surface area contributed by atoms with E-state index >= 15 is 0 Å². The van der Waals surface area contributed by atoms with Crippen LogP contribution in [0.4, 0.5) is 5.69 Å². The second kappa shape index (κ2) is 8.32. The number of carbonyl (C=O) groups is 1. The van der Waals surface area contributed by atoms with Crippen molar-refractivity contribution >= 4 is 34.2 Å². The van der Waals surface area contributed by atoms with Gasteiger partial charge in [0.2, 0.25) is 0 Å². The standard InChI is InChI=1S/C27H20ClN5O/c28-22-10-4-1-6-18(22)16-33-26(20-8-2-3-9-21(20)27(33)34)30-19-11-12-23-24(14-19)32-25(31-23)17-7-5-13-29-15-17/h1-15,26,30H,16H2,(H,31,32)/t26-/m0/s1. The summed E-state index contributed by atoms with van der Waals surface area (Å²) >= 11 is 6.41. The number of aromatic nitrogens is 3. The molecule has 166 valence electrons. The second-order valence-electron chi connectivity index (χ2n) is 8.22. The maximum absolute atomic E-state index is 13.3. The SMILES string of the molecule is O=C1c2ccccc2[C@@H](Nc2ccc3nc(-c4cccnc4)[nH]c3c2)N1Cc1ccccc1Cl. The Labute approximate surface area is 201 Å². The molecule has 0 spiro atoms. The van der Waals surface area contributed by atoms with Crippen molar-refractivity contribution < 1.29 is 4.79 Å². The monoisotopic (exact) mass is 465 g/mol. The highest BCUT2D eigenvalue weighted by molar-refractivity contribution is 6.31. The molecular weight excluding hydrogens is 446 g/mol. The fourth-order valence-electron chi connectivity index (χ4n) is 4.40. The molecule has 6 rings (SSSR count). The van der Waals surface area contributed by atoms with Gasteiger partial charge in [-0.1, -0.05) is 48.0 Å². The number of aromatic amines is 1. The van der Waals surface area contributed by atoms with E-state index in [1.807, 2.05) is 83.8 Å². The van der Waals surface area contributed by atoms with Crippen LogP contribution in [-0.2, 0) is 6.54 Å². The van der Waals surface area contributed by atoms with Gasteiger partial charge >= 0.3 is 0 Å². The summed E-state index contributed by atoms with van der Waals surface area (Å²) in [6.45, 7) is 0.405. The van der Waals surface area contributed by atoms with Crippen molar-refractivity contribution in [2.24, 2.45) is 0 Å². The van der Waals surface area contributed by atoms with Gasteiger partial charge in [0.15, 0.2) is 0 Å². The Bertz CT molecular complexity index is 1510. The summed E-state index contributed by atoms with van der Waals surface area (Å²) in [5.74, 6) is 0.747. The molecule has 1 amide bonds. The molecule has 6 nitrogen and oxygen atoms in total. The zero-order valence-corrected chi connectivity index (χ0v) is 18.8. The number of amides is 1. The molecule has 7 heteroatoms. The van der Waals surface area contributed by atoms with E-state index in [1.54, 1.807) is 12.4 Å². The molecule has 1 aliphatic rings. The number of pyridine rings is 1. The van der Waals surface area contributed by atoms with Crippen molar-refractivity contribution in [2.45, 2.75) is 12.7 Å². The van der Waals surface area contributed by atoms with Crippen LogP contribution in [0, 0.1) is 0 Å². The van der Waals surface area contributed by atoms with Gasteiger partial charge < -0.3 is 15.2 Å². The molecule has 0 saturated heterocycles. The van der Waals surface area contributed by atoms with Crippen molar-refractivity contribution in [2.75, 3.05) is 5.32 Å². The number of benzene rings is 3. The Morgan fingerprint density at radius 3 is 2.71 bits per heavy atom. The average Bonchev–Trinajstić information content (AvgIpc) is 3.41. The third kappa shape index (κ3) is 3.58. The molecule has 1 atom stereocenters. The Morgan fingerprint density at radius 2 is 1.85 bits per heavy atom. The molecule has 0 aliphatic carbocycles. The average molecular weight is 466 g/mol. The predicted octanol–water partition coefficient (Wildman–Crippen LogP) is 6.05. The highest BCUT2D eigenvalue weighted by atomic mass is 35.5. The molecule has 0 saturated carbocycles. The van der Waals surface area contributed by atoms with Crippen LogP contribution in [0.1, 0.15) is 27.7 Å². The number of nitrogens with zero attached hydrogens (tertiary/aromatic N) is 3. The maximum atomic E-state index is 13.3. The molecule has 2 N–H and O–H groups in total. The first-order valence-electron chi connectivity index (χ1n) is 11.0. The second-order valence-corrected chi connectivity index (χ2v) is 8.62. The number of carbonyl (C=O) groups excluding carboxylic acids is 1. The van der Waals surface area contributed by atoms with E-state index in [0.29, 0.717) is 17.1 Å². The number of hydrogen-bond acceptors (Lipinski definition) is 4. The van der Waals surface area contributed by atoms with Crippen LogP contribution in [0.5, 0.6) is 0 Å². The minimum atomic E-state index is -0.321. The predicted molar refractivity (Wildman–Crippen MR) is 133 cm³/mol. The number of imidazole rings is 1. The van der Waals surface area contributed by atoms with Crippen molar-refractivity contribution in [3.63, 3.8) is 0 Å². The van der Waals surface area contributed by atoms with Gasteiger partial charge in [0.1, 0.15) is 12.0 Å². The number of fused-ring (bicyclic) bond motifs is 2. The van der Waals surface area contributed by atoms with E-state index in [1.165, 1.54) is 0 Å². The third-order valence-electron chi connectivity index (χ3n) is 6.08. The molecule has 1 aliphatic heterocycles. The number of halogens is 1. The minimum absolute atomic E-state index is 0.0190. The number of nitrogens with one attached hydrogen (secondary N) is 2. The highest BCUT2D eigenvalue weighted by Gasteiger charge is 2.36. The lowest BCUT2D eigenvalue weighted by molar-refractivity contribution is 0.0729. The van der Waals surface area contributed by atoms with Crippen LogP contribution in [0.3, 0.4) is 0 Å².